The number of rotatable bonds is 6. The Morgan fingerprint density at radius 1 is 1.07 bits per heavy atom. The van der Waals surface area contributed by atoms with Gasteiger partial charge in [-0.15, -0.1) is 0 Å². The number of benzene rings is 2. The molecule has 0 radical (unpaired) electrons. The van der Waals surface area contributed by atoms with Crippen LogP contribution in [0.3, 0.4) is 0 Å². The summed E-state index contributed by atoms with van der Waals surface area (Å²) in [5, 5.41) is 13.6. The molecular weight excluding hydrogens is 379 g/mol. The van der Waals surface area contributed by atoms with Crippen molar-refractivity contribution in [2.75, 3.05) is 6.61 Å². The number of aromatic nitrogens is 2. The van der Waals surface area contributed by atoms with E-state index in [0.29, 0.717) is 23.9 Å². The SMILES string of the molecule is OCCCC=Cc1nn(Cc2ccc(F)cc2F)c2cc(C(F)(F)F)ccc12. The van der Waals surface area contributed by atoms with Gasteiger partial charge in [0.25, 0.3) is 0 Å². The highest BCUT2D eigenvalue weighted by Gasteiger charge is 2.31. The van der Waals surface area contributed by atoms with Gasteiger partial charge in [0.1, 0.15) is 11.6 Å². The third-order valence-electron chi connectivity index (χ3n) is 4.25. The summed E-state index contributed by atoms with van der Waals surface area (Å²) < 4.78 is 67.7. The molecule has 3 aromatic rings. The number of nitrogens with zero attached hydrogens (tertiary/aromatic N) is 2. The molecule has 148 valence electrons. The average molecular weight is 396 g/mol. The molecular formula is C20H17F5N2O. The fourth-order valence-electron chi connectivity index (χ4n) is 2.83. The van der Waals surface area contributed by atoms with E-state index in [1.54, 1.807) is 12.2 Å². The molecule has 2 aromatic carbocycles. The Morgan fingerprint density at radius 3 is 2.54 bits per heavy atom. The van der Waals surface area contributed by atoms with Gasteiger partial charge in [0.15, 0.2) is 0 Å². The van der Waals surface area contributed by atoms with Gasteiger partial charge >= 0.3 is 6.18 Å². The van der Waals surface area contributed by atoms with Crippen LogP contribution in [0.1, 0.15) is 29.7 Å². The lowest BCUT2D eigenvalue weighted by atomic mass is 10.1. The lowest BCUT2D eigenvalue weighted by molar-refractivity contribution is -0.137. The van der Waals surface area contributed by atoms with Crippen molar-refractivity contribution in [1.82, 2.24) is 9.78 Å². The van der Waals surface area contributed by atoms with E-state index < -0.39 is 23.4 Å². The minimum absolute atomic E-state index is 0.0261. The maximum absolute atomic E-state index is 14.0. The Bertz CT molecular complexity index is 1010. The summed E-state index contributed by atoms with van der Waals surface area (Å²) in [6.07, 6.45) is 0.0228. The van der Waals surface area contributed by atoms with Gasteiger partial charge in [0, 0.05) is 23.6 Å². The van der Waals surface area contributed by atoms with Gasteiger partial charge in [-0.05, 0) is 43.2 Å². The fourth-order valence-corrected chi connectivity index (χ4v) is 2.83. The van der Waals surface area contributed by atoms with E-state index in [-0.39, 0.29) is 24.2 Å². The van der Waals surface area contributed by atoms with Crippen LogP contribution in [0.2, 0.25) is 0 Å². The average Bonchev–Trinajstić information content (AvgIpc) is 2.97. The number of hydrogen-bond donors (Lipinski definition) is 1. The molecule has 1 aromatic heterocycles. The Kier molecular flexibility index (Phi) is 5.79. The van der Waals surface area contributed by atoms with Gasteiger partial charge in [-0.3, -0.25) is 4.68 Å². The molecule has 28 heavy (non-hydrogen) atoms. The molecule has 0 saturated heterocycles. The van der Waals surface area contributed by atoms with Crippen molar-refractivity contribution < 1.29 is 27.1 Å². The van der Waals surface area contributed by atoms with Crippen molar-refractivity contribution in [3.05, 3.63) is 70.9 Å². The summed E-state index contributed by atoms with van der Waals surface area (Å²) in [5.41, 5.74) is -0.0971. The normalized spacial score (nSPS) is 12.4. The standard InChI is InChI=1S/C20H17F5N2O/c21-15-7-5-13(17(22)11-15)12-27-19-10-14(20(23,24)25)6-8-16(19)18(26-27)4-2-1-3-9-28/h2,4-8,10-11,28H,1,3,9,12H2. The fraction of sp³-hybridized carbons (Fsp3) is 0.250. The van der Waals surface area contributed by atoms with Gasteiger partial charge in [0.05, 0.1) is 23.3 Å². The van der Waals surface area contributed by atoms with Crippen LogP contribution in [0.15, 0.2) is 42.5 Å². The first-order valence-electron chi connectivity index (χ1n) is 8.58. The van der Waals surface area contributed by atoms with Gasteiger partial charge in [0.2, 0.25) is 0 Å². The number of alkyl halides is 3. The van der Waals surface area contributed by atoms with Gasteiger partial charge in [-0.2, -0.15) is 18.3 Å². The van der Waals surface area contributed by atoms with Crippen LogP contribution in [-0.4, -0.2) is 21.5 Å². The topological polar surface area (TPSA) is 38.1 Å². The molecule has 0 atom stereocenters. The van der Waals surface area contributed by atoms with Crippen molar-refractivity contribution >= 4 is 17.0 Å². The number of aliphatic hydroxyl groups is 1. The quantitative estimate of drug-likeness (QED) is 0.461. The maximum Gasteiger partial charge on any atom is 0.416 e. The number of aliphatic hydroxyl groups excluding tert-OH is 1. The third kappa shape index (κ3) is 4.39. The maximum atomic E-state index is 14.0. The van der Waals surface area contributed by atoms with Crippen molar-refractivity contribution in [2.24, 2.45) is 0 Å². The first-order chi connectivity index (χ1) is 13.3. The Labute approximate surface area is 157 Å². The molecule has 0 aliphatic rings. The number of halogens is 5. The van der Waals surface area contributed by atoms with Crippen molar-refractivity contribution in [3.8, 4) is 0 Å². The predicted molar refractivity (Wildman–Crippen MR) is 95.5 cm³/mol. The highest BCUT2D eigenvalue weighted by atomic mass is 19.4. The molecule has 3 nitrogen and oxygen atoms in total. The second-order valence-corrected chi connectivity index (χ2v) is 6.28. The summed E-state index contributed by atoms with van der Waals surface area (Å²) in [5.74, 6) is -1.53. The second kappa shape index (κ2) is 8.10. The number of fused-ring (bicyclic) bond motifs is 1. The van der Waals surface area contributed by atoms with Crippen molar-refractivity contribution in [1.29, 1.82) is 0 Å². The van der Waals surface area contributed by atoms with Gasteiger partial charge in [-0.1, -0.05) is 12.1 Å². The monoisotopic (exact) mass is 396 g/mol. The first kappa shape index (κ1) is 20.0. The van der Waals surface area contributed by atoms with Crippen LogP contribution in [0.25, 0.3) is 17.0 Å². The second-order valence-electron chi connectivity index (χ2n) is 6.28. The third-order valence-corrected chi connectivity index (χ3v) is 4.25. The largest absolute Gasteiger partial charge is 0.416 e. The Hall–Kier alpha value is -2.74. The van der Waals surface area contributed by atoms with Crippen molar-refractivity contribution in [2.45, 2.75) is 25.6 Å². The molecule has 0 amide bonds. The molecule has 8 heteroatoms. The summed E-state index contributed by atoms with van der Waals surface area (Å²) in [6, 6.07) is 6.31. The zero-order chi connectivity index (χ0) is 20.3. The van der Waals surface area contributed by atoms with Crippen LogP contribution in [0.5, 0.6) is 0 Å². The molecule has 0 unspecified atom stereocenters. The van der Waals surface area contributed by atoms with Crippen molar-refractivity contribution in [3.63, 3.8) is 0 Å². The molecule has 1 heterocycles. The number of allylic oxidation sites excluding steroid dienone is 1. The van der Waals surface area contributed by atoms with Crippen LogP contribution in [0, 0.1) is 11.6 Å². The summed E-state index contributed by atoms with van der Waals surface area (Å²) >= 11 is 0. The van der Waals surface area contributed by atoms with E-state index in [9.17, 15) is 22.0 Å². The molecule has 0 aliphatic heterocycles. The molecule has 3 rings (SSSR count). The molecule has 0 aliphatic carbocycles. The van der Waals surface area contributed by atoms with E-state index >= 15 is 0 Å². The summed E-state index contributed by atoms with van der Waals surface area (Å²) in [4.78, 5) is 0. The molecule has 0 saturated carbocycles. The minimum atomic E-state index is -4.53. The lowest BCUT2D eigenvalue weighted by Gasteiger charge is -2.08. The number of hydrogen-bond acceptors (Lipinski definition) is 2. The van der Waals surface area contributed by atoms with Crippen LogP contribution in [-0.2, 0) is 12.7 Å². The summed E-state index contributed by atoms with van der Waals surface area (Å²) in [6.45, 7) is -0.118. The summed E-state index contributed by atoms with van der Waals surface area (Å²) in [7, 11) is 0. The van der Waals surface area contributed by atoms with E-state index in [2.05, 4.69) is 5.10 Å². The van der Waals surface area contributed by atoms with Crippen LogP contribution >= 0.6 is 0 Å². The van der Waals surface area contributed by atoms with E-state index in [4.69, 9.17) is 5.11 Å². The minimum Gasteiger partial charge on any atom is -0.396 e. The Morgan fingerprint density at radius 2 is 1.86 bits per heavy atom. The highest BCUT2D eigenvalue weighted by molar-refractivity contribution is 5.88. The Balaban J connectivity index is 2.06. The van der Waals surface area contributed by atoms with E-state index in [1.807, 2.05) is 0 Å². The zero-order valence-electron chi connectivity index (χ0n) is 14.7. The smallest absolute Gasteiger partial charge is 0.396 e. The van der Waals surface area contributed by atoms with E-state index in [0.717, 1.165) is 24.3 Å². The zero-order valence-corrected chi connectivity index (χ0v) is 14.7. The van der Waals surface area contributed by atoms with E-state index in [1.165, 1.54) is 16.8 Å². The van der Waals surface area contributed by atoms with Crippen LogP contribution < -0.4 is 0 Å². The molecule has 0 bridgehead atoms. The molecule has 0 spiro atoms. The lowest BCUT2D eigenvalue weighted by Crippen LogP contribution is -2.07. The van der Waals surface area contributed by atoms with Crippen LogP contribution in [0.4, 0.5) is 22.0 Å². The number of unbranched alkanes of at least 4 members (excludes halogenated alkanes) is 1. The van der Waals surface area contributed by atoms with Gasteiger partial charge < -0.3 is 5.11 Å². The molecule has 1 N–H and O–H groups in total. The highest BCUT2D eigenvalue weighted by Crippen LogP contribution is 2.33. The first-order valence-corrected chi connectivity index (χ1v) is 8.58. The molecule has 0 fully saturated rings. The predicted octanol–water partition coefficient (Wildman–Crippen LogP) is 5.17. The van der Waals surface area contributed by atoms with Gasteiger partial charge in [-0.25, -0.2) is 8.78 Å².